The van der Waals surface area contributed by atoms with Gasteiger partial charge in [0.15, 0.2) is 35.0 Å². The smallest absolute Gasteiger partial charge is 0.170 e. The van der Waals surface area contributed by atoms with Crippen LogP contribution in [0.2, 0.25) is 0 Å². The van der Waals surface area contributed by atoms with E-state index in [0.29, 0.717) is 174 Å². The fourth-order valence-corrected chi connectivity index (χ4v) is 16.0. The van der Waals surface area contributed by atoms with Crippen molar-refractivity contribution < 1.29 is 59.7 Å². The predicted molar refractivity (Wildman–Crippen MR) is 484 cm³/mol. The molecule has 24 nitrogen and oxygen atoms in total. The first-order valence-corrected chi connectivity index (χ1v) is 45.1. The molecule has 12 bridgehead atoms. The summed E-state index contributed by atoms with van der Waals surface area (Å²) in [7, 11) is 0. The van der Waals surface area contributed by atoms with E-state index in [0.717, 1.165) is 231 Å². The number of benzene rings is 6. The van der Waals surface area contributed by atoms with E-state index in [1.807, 2.05) is 72.8 Å². The van der Waals surface area contributed by atoms with Gasteiger partial charge in [-0.15, -0.1) is 0 Å². The summed E-state index contributed by atoms with van der Waals surface area (Å²) in [6.45, 7) is 15.1. The molecule has 0 radical (unpaired) electrons. The Bertz CT molecular complexity index is 3460. The first-order chi connectivity index (χ1) is 58.5. The summed E-state index contributed by atoms with van der Waals surface area (Å²) in [5.41, 5.74) is 50.8. The molecule has 0 aromatic heterocycles. The van der Waals surface area contributed by atoms with Gasteiger partial charge in [0.2, 0.25) is 0 Å². The van der Waals surface area contributed by atoms with E-state index in [1.165, 1.54) is 0 Å². The van der Waals surface area contributed by atoms with E-state index in [1.54, 1.807) is 0 Å². The SMILES string of the molecule is CCCCCCCCOc1c2cc(C(N)=NO)cc1Cc1cc(C(N)=NO)cc(c1OCCCCCCCC)Cc1cc(C(N)=NO)cc(c1OCCCCCCCC)Cc1cc(C(N)=NO)cc(c1OCCCCCCCC)Cc1cc(C(N)=NO)cc(c1OCCCCCCCC)Cc1cc(C(N)=NO)cc(c1OCCCCCCCC)C2. The minimum absolute atomic E-state index is 0.0886. The summed E-state index contributed by atoms with van der Waals surface area (Å²) in [6.07, 6.45) is 36.3. The van der Waals surface area contributed by atoms with Gasteiger partial charge in [-0.2, -0.15) is 0 Å². The molecule has 6 aromatic carbocycles. The Morgan fingerprint density at radius 2 is 0.308 bits per heavy atom. The minimum Gasteiger partial charge on any atom is -0.493 e. The van der Waals surface area contributed by atoms with Gasteiger partial charge in [-0.05, 0) is 178 Å². The number of unbranched alkanes of at least 4 members (excludes halogenated alkanes) is 30. The van der Waals surface area contributed by atoms with Gasteiger partial charge in [-0.25, -0.2) is 0 Å². The number of hydrogen-bond acceptors (Lipinski definition) is 18. The van der Waals surface area contributed by atoms with Crippen LogP contribution >= 0.6 is 0 Å². The molecule has 0 atom stereocenters. The summed E-state index contributed by atoms with van der Waals surface area (Å²) in [5, 5.41) is 86.5. The Labute approximate surface area is 714 Å². The summed E-state index contributed by atoms with van der Waals surface area (Å²) in [4.78, 5) is 0. The molecule has 0 saturated carbocycles. The number of nitrogens with zero attached hydrogens (tertiary/aromatic N) is 6. The van der Waals surface area contributed by atoms with Gasteiger partial charge in [0.05, 0.1) is 39.6 Å². The Balaban J connectivity index is 1.73. The second-order valence-electron chi connectivity index (χ2n) is 32.4. The van der Waals surface area contributed by atoms with Crippen LogP contribution in [0.5, 0.6) is 34.5 Å². The molecule has 0 saturated heterocycles. The molecule has 0 fully saturated rings. The van der Waals surface area contributed by atoms with Gasteiger partial charge in [0.25, 0.3) is 0 Å². The van der Waals surface area contributed by atoms with Crippen LogP contribution in [0, 0.1) is 0 Å². The second kappa shape index (κ2) is 54.8. The summed E-state index contributed by atoms with van der Waals surface area (Å²) in [5.74, 6) is 2.07. The van der Waals surface area contributed by atoms with Crippen LogP contribution in [0.3, 0.4) is 0 Å². The van der Waals surface area contributed by atoms with Crippen molar-refractivity contribution in [1.29, 1.82) is 0 Å². The molecule has 6 aromatic rings. The van der Waals surface area contributed by atoms with Crippen molar-refractivity contribution >= 4 is 35.0 Å². The monoisotopic (exact) mass is 1660 g/mol. The largest absolute Gasteiger partial charge is 0.493 e. The third kappa shape index (κ3) is 30.8. The summed E-state index contributed by atoms with van der Waals surface area (Å²) >= 11 is 0. The molecule has 0 heterocycles. The Morgan fingerprint density at radius 1 is 0.200 bits per heavy atom. The number of nitrogens with two attached hydrogens (primary N) is 6. The Hall–Kier alpha value is -10.3. The lowest BCUT2D eigenvalue weighted by Crippen LogP contribution is -2.18. The molecular weight excluding hydrogens is 1510 g/mol. The number of hydrogen-bond donors (Lipinski definition) is 12. The summed E-state index contributed by atoms with van der Waals surface area (Å²) in [6, 6.07) is 22.4. The molecule has 120 heavy (non-hydrogen) atoms. The maximum absolute atomic E-state index is 10.8. The number of rotatable bonds is 54. The van der Waals surface area contributed by atoms with Gasteiger partial charge in [0, 0.05) is 71.9 Å². The maximum atomic E-state index is 10.8. The Morgan fingerprint density at radius 3 is 0.417 bits per heavy atom. The van der Waals surface area contributed by atoms with Crippen molar-refractivity contribution in [3.63, 3.8) is 0 Å². The van der Waals surface area contributed by atoms with Crippen LogP contribution < -0.4 is 62.8 Å². The summed E-state index contributed by atoms with van der Waals surface area (Å²) < 4.78 is 43.7. The van der Waals surface area contributed by atoms with Gasteiger partial charge < -0.3 is 94.1 Å². The molecule has 0 aliphatic heterocycles. The highest BCUT2D eigenvalue weighted by Gasteiger charge is 2.29. The predicted octanol–water partition coefficient (Wildman–Crippen LogP) is 20.5. The molecule has 0 spiro atoms. The fraction of sp³-hybridized carbons (Fsp3) is 0.562. The van der Waals surface area contributed by atoms with Gasteiger partial charge in [-0.3, -0.25) is 0 Å². The third-order valence-electron chi connectivity index (χ3n) is 22.6. The lowest BCUT2D eigenvalue weighted by molar-refractivity contribution is 0.293. The van der Waals surface area contributed by atoms with Crippen molar-refractivity contribution in [3.05, 3.63) is 173 Å². The number of oxime groups is 6. The molecule has 1 aliphatic carbocycles. The quantitative estimate of drug-likeness (QED) is 0.00554. The van der Waals surface area contributed by atoms with Crippen molar-refractivity contribution in [1.82, 2.24) is 0 Å². The van der Waals surface area contributed by atoms with Crippen LogP contribution in [-0.2, 0) is 38.5 Å². The van der Waals surface area contributed by atoms with E-state index in [2.05, 4.69) is 72.5 Å². The number of fused-ring (bicyclic) bond motifs is 12. The normalized spacial score (nSPS) is 13.2. The molecule has 0 amide bonds. The van der Waals surface area contributed by atoms with Crippen LogP contribution in [-0.4, -0.2) is 106 Å². The van der Waals surface area contributed by atoms with E-state index in [9.17, 15) is 31.2 Å². The highest BCUT2D eigenvalue weighted by atomic mass is 16.5. The van der Waals surface area contributed by atoms with Crippen molar-refractivity contribution in [2.24, 2.45) is 65.3 Å². The van der Waals surface area contributed by atoms with E-state index >= 15 is 0 Å². The average molecular weight is 1660 g/mol. The zero-order valence-corrected chi connectivity index (χ0v) is 73.1. The first-order valence-electron chi connectivity index (χ1n) is 45.1. The Kier molecular flexibility index (Phi) is 44.3. The number of ether oxygens (including phenoxy) is 6. The fourth-order valence-electron chi connectivity index (χ4n) is 16.0. The molecule has 0 unspecified atom stereocenters. The third-order valence-corrected chi connectivity index (χ3v) is 22.6. The lowest BCUT2D eigenvalue weighted by atomic mass is 9.88. The molecule has 1 aliphatic rings. The average Bonchev–Trinajstić information content (AvgIpc) is 0.772. The van der Waals surface area contributed by atoms with E-state index in [4.69, 9.17) is 62.8 Å². The lowest BCUT2D eigenvalue weighted by Gasteiger charge is -2.25. The van der Waals surface area contributed by atoms with Crippen molar-refractivity contribution in [3.8, 4) is 34.5 Å². The van der Waals surface area contributed by atoms with Gasteiger partial charge in [-0.1, -0.05) is 265 Å². The van der Waals surface area contributed by atoms with Crippen LogP contribution in [0.25, 0.3) is 0 Å². The van der Waals surface area contributed by atoms with Gasteiger partial charge in [0.1, 0.15) is 34.5 Å². The minimum atomic E-state index is -0.169. The topological polar surface area (TPSA) is 407 Å². The zero-order chi connectivity index (χ0) is 86.2. The zero-order valence-electron chi connectivity index (χ0n) is 73.1. The second-order valence-corrected chi connectivity index (χ2v) is 32.4. The van der Waals surface area contributed by atoms with E-state index in [-0.39, 0.29) is 73.5 Å². The van der Waals surface area contributed by atoms with Crippen LogP contribution in [0.1, 0.15) is 373 Å². The molecule has 24 heteroatoms. The van der Waals surface area contributed by atoms with Crippen molar-refractivity contribution in [2.75, 3.05) is 39.6 Å². The van der Waals surface area contributed by atoms with Gasteiger partial charge >= 0.3 is 0 Å². The number of amidine groups is 6. The standard InChI is InChI=1S/C96H144N12O12/c1-7-13-19-25-31-37-43-115-85-67-49-69-57-80(92(98)104-110)59-71(86(69)116-44-38-32-26-20-14-8-2)51-73-61-82(94(100)106-112)63-75(88(73)118-46-40-34-28-22-16-10-4)53-77-65-84(96(102)108-114)66-78(90(77)120-48-42-36-30-24-18-12-6)54-76-64-83(95(101)107-113)62-74(89(76)119-47-41-35-29-23-17-11-5)52-72-60-81(93(99)105-111)58-70(50-68(85)56-79(55-67)91(97)103-109)87(72)117-45-39-33-27-21-15-9-3/h55-66,109-114H,7-54H2,1-6H3,(H2,97,103)(H2,98,104)(H2,99,105)(H2,100,106)(H2,101,107)(H2,102,108). The van der Waals surface area contributed by atoms with Crippen LogP contribution in [0.4, 0.5) is 0 Å². The van der Waals surface area contributed by atoms with Crippen LogP contribution in [0.15, 0.2) is 104 Å². The molecule has 7 rings (SSSR count). The maximum Gasteiger partial charge on any atom is 0.170 e. The van der Waals surface area contributed by atoms with Crippen molar-refractivity contribution in [2.45, 2.75) is 311 Å². The molecule has 18 N–H and O–H groups in total. The molecular formula is C96H144N12O12. The highest BCUT2D eigenvalue weighted by Crippen LogP contribution is 2.44. The first kappa shape index (κ1) is 96.9. The molecule has 660 valence electrons. The van der Waals surface area contributed by atoms with E-state index < -0.39 is 0 Å². The highest BCUT2D eigenvalue weighted by molar-refractivity contribution is 6.01.